The molecule has 4 rings (SSSR count). The summed E-state index contributed by atoms with van der Waals surface area (Å²) in [6.45, 7) is 0.879. The van der Waals surface area contributed by atoms with Crippen LogP contribution in [0.2, 0.25) is 5.02 Å². The summed E-state index contributed by atoms with van der Waals surface area (Å²) >= 11 is 7.00. The Morgan fingerprint density at radius 1 is 1.17 bits per heavy atom. The van der Waals surface area contributed by atoms with Gasteiger partial charge in [-0.1, -0.05) is 22.9 Å². The normalized spacial score (nSPS) is 17.9. The molecule has 2 heterocycles. The number of methoxy groups -OCH3 is 1. The van der Waals surface area contributed by atoms with Crippen LogP contribution in [0.15, 0.2) is 57.2 Å². The Morgan fingerprint density at radius 3 is 2.51 bits per heavy atom. The Morgan fingerprint density at radius 2 is 1.86 bits per heavy atom. The molecule has 1 aliphatic rings. The lowest BCUT2D eigenvalue weighted by atomic mass is 10.2. The number of nitrogens with two attached hydrogens (primary N) is 1. The predicted molar refractivity (Wildman–Crippen MR) is 132 cm³/mol. The minimum atomic E-state index is -3.92. The van der Waals surface area contributed by atoms with E-state index in [1.807, 2.05) is 0 Å². The van der Waals surface area contributed by atoms with Crippen molar-refractivity contribution in [2.45, 2.75) is 35.2 Å². The quantitative estimate of drug-likeness (QED) is 0.469. The predicted octanol–water partition coefficient (Wildman–Crippen LogP) is 1.93. The van der Waals surface area contributed by atoms with E-state index < -0.39 is 32.0 Å². The second-order valence-corrected chi connectivity index (χ2v) is 12.8. The van der Waals surface area contributed by atoms with E-state index in [4.69, 9.17) is 21.5 Å². The third-order valence-electron chi connectivity index (χ3n) is 5.62. The molecule has 1 atom stereocenters. The van der Waals surface area contributed by atoms with E-state index in [0.29, 0.717) is 46.0 Å². The number of thiazole rings is 1. The molecule has 1 fully saturated rings. The number of nitrogens with zero attached hydrogens (tertiary/aromatic N) is 3. The van der Waals surface area contributed by atoms with Crippen molar-refractivity contribution in [1.29, 1.82) is 0 Å². The summed E-state index contributed by atoms with van der Waals surface area (Å²) in [5, 5.41) is 5.66. The Kier molecular flexibility index (Phi) is 7.48. The standard InChI is InChI=1S/C21H23ClN4O6S3/c1-32-12-11-25-17-9-8-16(34(23,28)29)13-19(17)33-21(25)24-20(27)18-3-2-10-26(18)35(30,31)15-6-4-14(22)5-7-15/h4-9,13,18H,2-3,10-12H2,1H3,(H2,23,28,29). The summed E-state index contributed by atoms with van der Waals surface area (Å²) in [4.78, 5) is 17.8. The molecule has 0 radical (unpaired) electrons. The zero-order chi connectivity index (χ0) is 25.4. The molecule has 35 heavy (non-hydrogen) atoms. The lowest BCUT2D eigenvalue weighted by Crippen LogP contribution is -2.40. The minimum Gasteiger partial charge on any atom is -0.383 e. The van der Waals surface area contributed by atoms with Gasteiger partial charge in [0, 0.05) is 25.2 Å². The van der Waals surface area contributed by atoms with Crippen molar-refractivity contribution in [2.24, 2.45) is 10.1 Å². The van der Waals surface area contributed by atoms with Crippen molar-refractivity contribution < 1.29 is 26.4 Å². The monoisotopic (exact) mass is 558 g/mol. The summed E-state index contributed by atoms with van der Waals surface area (Å²) in [6.07, 6.45) is 0.861. The zero-order valence-electron chi connectivity index (χ0n) is 18.6. The topological polar surface area (TPSA) is 141 Å². The molecule has 0 spiro atoms. The number of rotatable bonds is 7. The Labute approximate surface area is 211 Å². The first-order chi connectivity index (χ1) is 16.5. The molecule has 2 aromatic carbocycles. The van der Waals surface area contributed by atoms with Crippen LogP contribution >= 0.6 is 22.9 Å². The summed E-state index contributed by atoms with van der Waals surface area (Å²) in [5.41, 5.74) is 0.656. The molecule has 1 amide bonds. The number of amides is 1. The average Bonchev–Trinajstić information content (AvgIpc) is 3.42. The molecular weight excluding hydrogens is 536 g/mol. The zero-order valence-corrected chi connectivity index (χ0v) is 21.8. The number of hydrogen-bond acceptors (Lipinski definition) is 7. The fourth-order valence-corrected chi connectivity index (χ4v) is 7.39. The third kappa shape index (κ3) is 5.35. The maximum absolute atomic E-state index is 13.2. The molecule has 1 aromatic heterocycles. The van der Waals surface area contributed by atoms with Gasteiger partial charge in [0.25, 0.3) is 5.91 Å². The largest absolute Gasteiger partial charge is 0.383 e. The number of aromatic nitrogens is 1. The van der Waals surface area contributed by atoms with E-state index in [1.165, 1.54) is 47.8 Å². The number of ether oxygens (including phenoxy) is 1. The molecule has 2 N–H and O–H groups in total. The van der Waals surface area contributed by atoms with E-state index in [9.17, 15) is 21.6 Å². The van der Waals surface area contributed by atoms with Crippen molar-refractivity contribution in [2.75, 3.05) is 20.3 Å². The summed E-state index contributed by atoms with van der Waals surface area (Å²) < 4.78 is 58.6. The van der Waals surface area contributed by atoms with Gasteiger partial charge < -0.3 is 9.30 Å². The van der Waals surface area contributed by atoms with Gasteiger partial charge in [-0.2, -0.15) is 9.30 Å². The van der Waals surface area contributed by atoms with Gasteiger partial charge in [0.15, 0.2) is 4.80 Å². The van der Waals surface area contributed by atoms with Gasteiger partial charge in [0.2, 0.25) is 20.0 Å². The third-order valence-corrected chi connectivity index (χ3v) is 9.74. The highest BCUT2D eigenvalue weighted by Gasteiger charge is 2.39. The van der Waals surface area contributed by atoms with Gasteiger partial charge in [-0.25, -0.2) is 22.0 Å². The smallest absolute Gasteiger partial charge is 0.266 e. The molecule has 1 saturated heterocycles. The van der Waals surface area contributed by atoms with Crippen LogP contribution in [0.5, 0.6) is 0 Å². The molecule has 3 aromatic rings. The average molecular weight is 559 g/mol. The minimum absolute atomic E-state index is 0.0501. The van der Waals surface area contributed by atoms with E-state index in [0.717, 1.165) is 11.3 Å². The van der Waals surface area contributed by atoms with Gasteiger partial charge >= 0.3 is 0 Å². The maximum atomic E-state index is 13.2. The number of carbonyl (C=O) groups excluding carboxylic acids is 1. The van der Waals surface area contributed by atoms with Gasteiger partial charge in [-0.15, -0.1) is 0 Å². The molecule has 1 aliphatic heterocycles. The van der Waals surface area contributed by atoms with E-state index in [1.54, 1.807) is 10.6 Å². The number of carbonyl (C=O) groups is 1. The summed E-state index contributed by atoms with van der Waals surface area (Å²) in [7, 11) is -6.30. The van der Waals surface area contributed by atoms with Gasteiger partial charge in [-0.05, 0) is 55.3 Å². The first-order valence-corrected chi connectivity index (χ1v) is 14.7. The van der Waals surface area contributed by atoms with E-state index in [-0.39, 0.29) is 16.3 Å². The van der Waals surface area contributed by atoms with Crippen LogP contribution in [0, 0.1) is 0 Å². The second kappa shape index (κ2) is 10.1. The van der Waals surface area contributed by atoms with Gasteiger partial charge in [0.1, 0.15) is 6.04 Å². The Balaban J connectivity index is 1.74. The first kappa shape index (κ1) is 25.9. The number of hydrogen-bond donors (Lipinski definition) is 1. The lowest BCUT2D eigenvalue weighted by molar-refractivity contribution is -0.121. The summed E-state index contributed by atoms with van der Waals surface area (Å²) in [6, 6.07) is 9.24. The van der Waals surface area contributed by atoms with Crippen LogP contribution in [-0.4, -0.2) is 57.9 Å². The highest BCUT2D eigenvalue weighted by atomic mass is 35.5. The van der Waals surface area contributed by atoms with Crippen molar-refractivity contribution >= 4 is 59.1 Å². The molecular formula is C21H23ClN4O6S3. The highest BCUT2D eigenvalue weighted by molar-refractivity contribution is 7.89. The van der Waals surface area contributed by atoms with Crippen LogP contribution in [-0.2, 0) is 36.1 Å². The molecule has 188 valence electrons. The van der Waals surface area contributed by atoms with Gasteiger partial charge in [-0.3, -0.25) is 4.79 Å². The maximum Gasteiger partial charge on any atom is 0.266 e. The number of primary sulfonamides is 1. The first-order valence-electron chi connectivity index (χ1n) is 10.5. The van der Waals surface area contributed by atoms with Crippen molar-refractivity contribution in [3.63, 3.8) is 0 Å². The van der Waals surface area contributed by atoms with E-state index >= 15 is 0 Å². The summed E-state index contributed by atoms with van der Waals surface area (Å²) in [5.74, 6) is -0.593. The van der Waals surface area contributed by atoms with Gasteiger partial charge in [0.05, 0.1) is 26.6 Å². The molecule has 1 unspecified atom stereocenters. The number of halogens is 1. The lowest BCUT2D eigenvalue weighted by Gasteiger charge is -2.21. The van der Waals surface area contributed by atoms with E-state index in [2.05, 4.69) is 4.99 Å². The number of benzene rings is 2. The van der Waals surface area contributed by atoms with Crippen molar-refractivity contribution in [3.8, 4) is 0 Å². The number of sulfonamides is 2. The fourth-order valence-electron chi connectivity index (χ4n) is 3.90. The molecule has 0 saturated carbocycles. The van der Waals surface area contributed by atoms with Crippen LogP contribution in [0.4, 0.5) is 0 Å². The second-order valence-electron chi connectivity index (χ2n) is 7.88. The molecule has 14 heteroatoms. The van der Waals surface area contributed by atoms with Crippen LogP contribution in [0.1, 0.15) is 12.8 Å². The molecule has 10 nitrogen and oxygen atoms in total. The van der Waals surface area contributed by atoms with Crippen LogP contribution in [0.25, 0.3) is 10.2 Å². The SMILES string of the molecule is COCCn1c(=NC(=O)C2CCCN2S(=O)(=O)c2ccc(Cl)cc2)sc2cc(S(N)(=O)=O)ccc21. The Bertz CT molecular complexity index is 1550. The Hall–Kier alpha value is -2.13. The molecule has 0 aliphatic carbocycles. The van der Waals surface area contributed by atoms with Crippen molar-refractivity contribution in [3.05, 3.63) is 52.3 Å². The molecule has 0 bridgehead atoms. The van der Waals surface area contributed by atoms with Crippen molar-refractivity contribution in [1.82, 2.24) is 8.87 Å². The van der Waals surface area contributed by atoms with Crippen LogP contribution in [0.3, 0.4) is 0 Å². The fraction of sp³-hybridized carbons (Fsp3) is 0.333. The van der Waals surface area contributed by atoms with Crippen LogP contribution < -0.4 is 9.94 Å². The highest BCUT2D eigenvalue weighted by Crippen LogP contribution is 2.28. The number of fused-ring (bicyclic) bond motifs is 1.